The molecule has 7 nitrogen and oxygen atoms in total. The number of phenolic OH excluding ortho intramolecular Hbond substituents is 1. The van der Waals surface area contributed by atoms with Crippen molar-refractivity contribution in [1.82, 2.24) is 0 Å². The van der Waals surface area contributed by atoms with Crippen LogP contribution in [-0.2, 0) is 0 Å². The van der Waals surface area contributed by atoms with Crippen molar-refractivity contribution in [2.24, 2.45) is 16.0 Å². The van der Waals surface area contributed by atoms with Crippen LogP contribution in [0.5, 0.6) is 5.75 Å². The maximum Gasteiger partial charge on any atom is 0.259 e. The van der Waals surface area contributed by atoms with E-state index in [4.69, 9.17) is 11.1 Å². The van der Waals surface area contributed by atoms with Gasteiger partial charge in [0.05, 0.1) is 11.3 Å². The first-order valence-electron chi connectivity index (χ1n) is 9.50. The molecule has 5 N–H and O–H groups in total. The molecule has 0 saturated heterocycles. The molecular formula is C24H20ClN5O2. The van der Waals surface area contributed by atoms with E-state index in [2.05, 4.69) is 15.5 Å². The lowest BCUT2D eigenvalue weighted by molar-refractivity contribution is 0.102. The SMILES string of the molecule is Cl.N=C(N)c1ccc(N=Nc2c(O)c(C(=O)Nc3ccccc3)cc3ccccc23)cc1. The monoisotopic (exact) mass is 445 g/mol. The largest absolute Gasteiger partial charge is 0.505 e. The molecule has 0 atom stereocenters. The zero-order valence-electron chi connectivity index (χ0n) is 16.8. The lowest BCUT2D eigenvalue weighted by Crippen LogP contribution is -2.12. The molecule has 4 aromatic carbocycles. The van der Waals surface area contributed by atoms with Gasteiger partial charge in [0.1, 0.15) is 11.5 Å². The Labute approximate surface area is 190 Å². The maximum absolute atomic E-state index is 12.8. The third-order valence-electron chi connectivity index (χ3n) is 4.72. The minimum Gasteiger partial charge on any atom is -0.505 e. The van der Waals surface area contributed by atoms with Crippen LogP contribution in [0, 0.1) is 5.41 Å². The molecule has 32 heavy (non-hydrogen) atoms. The van der Waals surface area contributed by atoms with Crippen molar-refractivity contribution in [3.8, 4) is 5.75 Å². The standard InChI is InChI=1S/C24H19N5O2.ClH/c25-23(26)15-10-12-18(13-11-15)28-29-21-19-9-5-4-6-16(19)14-20(22(21)30)24(31)27-17-7-2-1-3-8-17;/h1-14,30H,(H3,25,26)(H,27,31);1H. The van der Waals surface area contributed by atoms with E-state index in [1.54, 1.807) is 48.5 Å². The Morgan fingerprint density at radius 3 is 2.25 bits per heavy atom. The lowest BCUT2D eigenvalue weighted by Gasteiger charge is -2.11. The number of hydrogen-bond donors (Lipinski definition) is 4. The summed E-state index contributed by atoms with van der Waals surface area (Å²) in [6, 6.07) is 24.6. The number of hydrogen-bond acceptors (Lipinski definition) is 5. The number of nitrogens with two attached hydrogens (primary N) is 1. The minimum atomic E-state index is -0.447. The number of para-hydroxylation sites is 1. The van der Waals surface area contributed by atoms with Gasteiger partial charge in [-0.05, 0) is 47.9 Å². The first-order chi connectivity index (χ1) is 15.0. The number of fused-ring (bicyclic) bond motifs is 1. The third kappa shape index (κ3) is 4.74. The van der Waals surface area contributed by atoms with Crippen molar-refractivity contribution in [2.75, 3.05) is 5.32 Å². The molecule has 160 valence electrons. The Bertz CT molecular complexity index is 1310. The molecule has 0 aliphatic rings. The van der Waals surface area contributed by atoms with E-state index in [-0.39, 0.29) is 35.2 Å². The maximum atomic E-state index is 12.8. The molecule has 1 amide bonds. The summed E-state index contributed by atoms with van der Waals surface area (Å²) in [6.45, 7) is 0. The van der Waals surface area contributed by atoms with Crippen LogP contribution in [0.15, 0.2) is 95.2 Å². The number of nitrogens with zero attached hydrogens (tertiary/aromatic N) is 2. The summed E-state index contributed by atoms with van der Waals surface area (Å²) in [7, 11) is 0. The van der Waals surface area contributed by atoms with Gasteiger partial charge in [-0.25, -0.2) is 0 Å². The van der Waals surface area contributed by atoms with E-state index in [0.29, 0.717) is 22.3 Å². The van der Waals surface area contributed by atoms with Gasteiger partial charge in [-0.3, -0.25) is 10.2 Å². The van der Waals surface area contributed by atoms with Crippen LogP contribution in [0.4, 0.5) is 17.1 Å². The van der Waals surface area contributed by atoms with E-state index in [9.17, 15) is 9.90 Å². The summed E-state index contributed by atoms with van der Waals surface area (Å²) in [5.74, 6) is -0.739. The number of phenols is 1. The average molecular weight is 446 g/mol. The van der Waals surface area contributed by atoms with Gasteiger partial charge in [0, 0.05) is 16.6 Å². The minimum absolute atomic E-state index is 0. The summed E-state index contributed by atoms with van der Waals surface area (Å²) in [5, 5.41) is 31.0. The summed E-state index contributed by atoms with van der Waals surface area (Å²) >= 11 is 0. The number of amides is 1. The molecule has 0 aliphatic carbocycles. The number of nitrogen functional groups attached to an aromatic ring is 1. The summed E-state index contributed by atoms with van der Waals surface area (Å²) in [4.78, 5) is 12.8. The average Bonchev–Trinajstić information content (AvgIpc) is 2.79. The second-order valence-electron chi connectivity index (χ2n) is 6.82. The van der Waals surface area contributed by atoms with Gasteiger partial charge in [0.15, 0.2) is 5.75 Å². The number of carbonyl (C=O) groups is 1. The van der Waals surface area contributed by atoms with Crippen molar-refractivity contribution in [2.45, 2.75) is 0 Å². The van der Waals surface area contributed by atoms with Crippen LogP contribution in [0.1, 0.15) is 15.9 Å². The van der Waals surface area contributed by atoms with Gasteiger partial charge in [-0.15, -0.1) is 17.5 Å². The Hall–Kier alpha value is -4.23. The lowest BCUT2D eigenvalue weighted by atomic mass is 10.0. The number of amidine groups is 1. The Kier molecular flexibility index (Phi) is 6.82. The zero-order chi connectivity index (χ0) is 21.8. The number of azo groups is 1. The highest BCUT2D eigenvalue weighted by Crippen LogP contribution is 2.39. The smallest absolute Gasteiger partial charge is 0.259 e. The van der Waals surface area contributed by atoms with Crippen LogP contribution >= 0.6 is 12.4 Å². The summed E-state index contributed by atoms with van der Waals surface area (Å²) in [5.41, 5.74) is 7.49. The van der Waals surface area contributed by atoms with Crippen molar-refractivity contribution in [1.29, 1.82) is 5.41 Å². The fourth-order valence-corrected chi connectivity index (χ4v) is 3.13. The molecule has 0 saturated carbocycles. The van der Waals surface area contributed by atoms with Crippen molar-refractivity contribution in [3.63, 3.8) is 0 Å². The molecule has 4 rings (SSSR count). The van der Waals surface area contributed by atoms with Gasteiger partial charge in [-0.1, -0.05) is 42.5 Å². The van der Waals surface area contributed by atoms with Crippen LogP contribution in [0.2, 0.25) is 0 Å². The Balaban J connectivity index is 0.00000289. The summed E-state index contributed by atoms with van der Waals surface area (Å²) in [6.07, 6.45) is 0. The van der Waals surface area contributed by atoms with Crippen LogP contribution in [-0.4, -0.2) is 16.8 Å². The molecule has 0 unspecified atom stereocenters. The fraction of sp³-hybridized carbons (Fsp3) is 0. The van der Waals surface area contributed by atoms with Crippen molar-refractivity contribution >= 4 is 52.0 Å². The molecule has 0 aliphatic heterocycles. The topological polar surface area (TPSA) is 124 Å². The first kappa shape index (κ1) is 22.5. The summed E-state index contributed by atoms with van der Waals surface area (Å²) < 4.78 is 0. The third-order valence-corrected chi connectivity index (χ3v) is 4.72. The van der Waals surface area contributed by atoms with E-state index in [0.717, 1.165) is 5.39 Å². The van der Waals surface area contributed by atoms with Gasteiger partial charge in [0.25, 0.3) is 5.91 Å². The quantitative estimate of drug-likeness (QED) is 0.173. The molecule has 0 fully saturated rings. The molecule has 4 aromatic rings. The predicted octanol–water partition coefficient (Wildman–Crippen LogP) is 5.92. The van der Waals surface area contributed by atoms with E-state index in [1.807, 2.05) is 36.4 Å². The Morgan fingerprint density at radius 2 is 1.56 bits per heavy atom. The van der Waals surface area contributed by atoms with Gasteiger partial charge >= 0.3 is 0 Å². The van der Waals surface area contributed by atoms with Gasteiger partial charge < -0.3 is 16.2 Å². The normalized spacial score (nSPS) is 10.6. The number of halogens is 1. The second-order valence-corrected chi connectivity index (χ2v) is 6.82. The van der Waals surface area contributed by atoms with E-state index in [1.165, 1.54) is 0 Å². The molecule has 0 bridgehead atoms. The van der Waals surface area contributed by atoms with Crippen LogP contribution in [0.25, 0.3) is 10.8 Å². The van der Waals surface area contributed by atoms with Crippen molar-refractivity contribution in [3.05, 3.63) is 96.1 Å². The number of rotatable bonds is 5. The highest BCUT2D eigenvalue weighted by molar-refractivity contribution is 6.11. The highest BCUT2D eigenvalue weighted by atomic mass is 35.5. The highest BCUT2D eigenvalue weighted by Gasteiger charge is 2.18. The van der Waals surface area contributed by atoms with Gasteiger partial charge in [0.2, 0.25) is 0 Å². The number of carbonyl (C=O) groups excluding carboxylic acids is 1. The van der Waals surface area contributed by atoms with E-state index >= 15 is 0 Å². The Morgan fingerprint density at radius 1 is 0.906 bits per heavy atom. The predicted molar refractivity (Wildman–Crippen MR) is 129 cm³/mol. The zero-order valence-corrected chi connectivity index (χ0v) is 17.6. The number of aromatic hydroxyl groups is 1. The molecule has 0 spiro atoms. The number of anilines is 1. The second kappa shape index (κ2) is 9.72. The van der Waals surface area contributed by atoms with Gasteiger partial charge in [-0.2, -0.15) is 5.11 Å². The molecule has 8 heteroatoms. The van der Waals surface area contributed by atoms with Crippen LogP contribution < -0.4 is 11.1 Å². The molecule has 0 heterocycles. The molecule has 0 aromatic heterocycles. The number of nitrogens with one attached hydrogen (secondary N) is 2. The van der Waals surface area contributed by atoms with Crippen LogP contribution in [0.3, 0.4) is 0 Å². The first-order valence-corrected chi connectivity index (χ1v) is 9.50. The fourth-order valence-electron chi connectivity index (χ4n) is 3.13. The van der Waals surface area contributed by atoms with E-state index < -0.39 is 5.91 Å². The molecule has 0 radical (unpaired) electrons. The molecular weight excluding hydrogens is 426 g/mol. The van der Waals surface area contributed by atoms with Crippen molar-refractivity contribution < 1.29 is 9.90 Å². The number of benzene rings is 4.